The van der Waals surface area contributed by atoms with Gasteiger partial charge in [-0.25, -0.2) is 0 Å². The van der Waals surface area contributed by atoms with Gasteiger partial charge in [-0.3, -0.25) is 0 Å². The van der Waals surface area contributed by atoms with Gasteiger partial charge in [0.1, 0.15) is 5.75 Å². The first-order chi connectivity index (χ1) is 19.2. The summed E-state index contributed by atoms with van der Waals surface area (Å²) in [5.74, 6) is 4.04. The van der Waals surface area contributed by atoms with Crippen LogP contribution in [-0.4, -0.2) is 33.1 Å². The average Bonchev–Trinajstić information content (AvgIpc) is 3.60. The number of aryl methyl sites for hydroxylation is 4. The van der Waals surface area contributed by atoms with E-state index in [9.17, 15) is 0 Å². The van der Waals surface area contributed by atoms with Crippen molar-refractivity contribution in [2.75, 3.05) is 28.1 Å². The molecule has 0 amide bonds. The number of methoxy groups -OCH3 is 3. The Kier molecular flexibility index (Phi) is 5.72. The van der Waals surface area contributed by atoms with Crippen molar-refractivity contribution < 1.29 is 28.3 Å². The Hall–Kier alpha value is -4.39. The van der Waals surface area contributed by atoms with Gasteiger partial charge < -0.3 is 28.7 Å². The van der Waals surface area contributed by atoms with Gasteiger partial charge in [0.2, 0.25) is 12.5 Å². The predicted octanol–water partition coefficient (Wildman–Crippen LogP) is 5.76. The van der Waals surface area contributed by atoms with Crippen molar-refractivity contribution in [1.29, 1.82) is 0 Å². The zero-order valence-corrected chi connectivity index (χ0v) is 22.4. The molecule has 2 aliphatic rings. The van der Waals surface area contributed by atoms with E-state index < -0.39 is 0 Å². The fraction of sp³-hybridized carbons (Fsp3) is 0.281. The van der Waals surface area contributed by atoms with E-state index in [1.807, 2.05) is 12.1 Å². The van der Waals surface area contributed by atoms with Crippen molar-refractivity contribution in [3.63, 3.8) is 0 Å². The number of benzene rings is 3. The van der Waals surface area contributed by atoms with Crippen LogP contribution in [0, 0.1) is 0 Å². The molecule has 39 heavy (non-hydrogen) atoms. The van der Waals surface area contributed by atoms with E-state index in [-0.39, 0.29) is 6.79 Å². The van der Waals surface area contributed by atoms with E-state index in [1.54, 1.807) is 21.3 Å². The van der Waals surface area contributed by atoms with Gasteiger partial charge in [0.25, 0.3) is 0 Å². The van der Waals surface area contributed by atoms with Crippen molar-refractivity contribution in [2.45, 2.75) is 32.2 Å². The molecule has 0 bridgehead atoms. The van der Waals surface area contributed by atoms with Crippen molar-refractivity contribution in [3.05, 3.63) is 71.5 Å². The Bertz CT molecular complexity index is 1740. The highest BCUT2D eigenvalue weighted by atomic mass is 16.7. The molecule has 1 N–H and O–H groups in total. The van der Waals surface area contributed by atoms with Gasteiger partial charge in [0, 0.05) is 34.5 Å². The number of hydrogen-bond acceptors (Lipinski definition) is 5. The quantitative estimate of drug-likeness (QED) is 0.275. The second kappa shape index (κ2) is 9.42. The van der Waals surface area contributed by atoms with Crippen LogP contribution in [0.5, 0.6) is 28.7 Å². The molecule has 0 fully saturated rings. The summed E-state index contributed by atoms with van der Waals surface area (Å²) in [5, 5.41) is 3.47. The van der Waals surface area contributed by atoms with Crippen LogP contribution in [0.1, 0.15) is 23.1 Å². The molecule has 0 saturated carbocycles. The third kappa shape index (κ3) is 3.83. The van der Waals surface area contributed by atoms with Crippen molar-refractivity contribution in [3.8, 4) is 40.0 Å². The molecule has 2 aromatic heterocycles. The number of ether oxygens (including phenoxy) is 5. The van der Waals surface area contributed by atoms with Crippen molar-refractivity contribution in [2.24, 2.45) is 0 Å². The van der Waals surface area contributed by atoms with Gasteiger partial charge in [-0.15, -0.1) is 0 Å². The molecule has 2 aliphatic heterocycles. The summed E-state index contributed by atoms with van der Waals surface area (Å²) in [6.45, 7) is 1.16. The highest BCUT2D eigenvalue weighted by Crippen LogP contribution is 2.44. The van der Waals surface area contributed by atoms with Crippen LogP contribution in [0.4, 0.5) is 0 Å². The van der Waals surface area contributed by atoms with Crippen LogP contribution >= 0.6 is 0 Å². The number of nitrogens with one attached hydrogen (secondary N) is 1. The topological polar surface area (TPSA) is 65.8 Å². The zero-order valence-electron chi connectivity index (χ0n) is 22.4. The monoisotopic (exact) mass is 523 g/mol. The number of fused-ring (bicyclic) bond motifs is 6. The van der Waals surface area contributed by atoms with Crippen LogP contribution in [0.3, 0.4) is 0 Å². The third-order valence-corrected chi connectivity index (χ3v) is 8.09. The first-order valence-electron chi connectivity index (χ1n) is 13.4. The molecule has 198 valence electrons. The number of aromatic amines is 1. The predicted molar refractivity (Wildman–Crippen MR) is 149 cm³/mol. The fourth-order valence-corrected chi connectivity index (χ4v) is 6.21. The molecule has 7 heteroatoms. The van der Waals surface area contributed by atoms with Crippen molar-refractivity contribution >= 4 is 21.7 Å². The Morgan fingerprint density at radius 3 is 2.56 bits per heavy atom. The van der Waals surface area contributed by atoms with E-state index in [1.165, 1.54) is 38.7 Å². The maximum absolute atomic E-state index is 5.87. The average molecular weight is 524 g/mol. The molecule has 0 aliphatic carbocycles. The lowest BCUT2D eigenvalue weighted by atomic mass is 9.89. The van der Waals surface area contributed by atoms with E-state index in [2.05, 4.69) is 52.3 Å². The smallest absolute Gasteiger partial charge is 0.231 e. The number of hydrogen-bond donors (Lipinski definition) is 1. The van der Waals surface area contributed by atoms with Gasteiger partial charge in [-0.1, -0.05) is 0 Å². The summed E-state index contributed by atoms with van der Waals surface area (Å²) in [5.41, 5.74) is 7.50. The van der Waals surface area contributed by atoms with E-state index in [4.69, 9.17) is 23.7 Å². The summed E-state index contributed by atoms with van der Waals surface area (Å²) < 4.78 is 30.8. The number of aromatic nitrogens is 2. The summed E-state index contributed by atoms with van der Waals surface area (Å²) in [6.07, 6.45) is 8.12. The van der Waals surface area contributed by atoms with E-state index in [0.29, 0.717) is 0 Å². The highest BCUT2D eigenvalue weighted by Gasteiger charge is 2.32. The van der Waals surface area contributed by atoms with Gasteiger partial charge in [-0.05, 0) is 72.9 Å². The lowest BCUT2D eigenvalue weighted by molar-refractivity contribution is -0.686. The fourth-order valence-electron chi connectivity index (χ4n) is 6.21. The minimum atomic E-state index is 0.273. The Morgan fingerprint density at radius 1 is 0.872 bits per heavy atom. The molecule has 0 spiro atoms. The minimum absolute atomic E-state index is 0.273. The normalized spacial score (nSPS) is 13.4. The SMILES string of the molecule is COc1ccc2[nH]cc(CCCc3c4[n+](cc5c(OC)c(OC)ccc35)CCc3cc5c(cc3-4)OCO5)c2c1. The molecule has 4 heterocycles. The molecule has 3 aromatic carbocycles. The molecule has 7 rings (SSSR count). The van der Waals surface area contributed by atoms with Crippen molar-refractivity contribution in [1.82, 2.24) is 4.98 Å². The molecular weight excluding hydrogens is 492 g/mol. The molecule has 0 atom stereocenters. The highest BCUT2D eigenvalue weighted by molar-refractivity contribution is 5.95. The molecule has 0 radical (unpaired) electrons. The molecule has 5 aromatic rings. The maximum Gasteiger partial charge on any atom is 0.231 e. The van der Waals surface area contributed by atoms with Gasteiger partial charge in [0.05, 0.1) is 32.3 Å². The number of nitrogens with zero attached hydrogens (tertiary/aromatic N) is 1. The lowest BCUT2D eigenvalue weighted by Gasteiger charge is -2.21. The van der Waals surface area contributed by atoms with Gasteiger partial charge in [-0.2, -0.15) is 4.57 Å². The minimum Gasteiger partial charge on any atom is -0.497 e. The van der Waals surface area contributed by atoms with Crippen LogP contribution < -0.4 is 28.3 Å². The summed E-state index contributed by atoms with van der Waals surface area (Å²) in [4.78, 5) is 3.42. The molecule has 0 saturated heterocycles. The van der Waals surface area contributed by atoms with Gasteiger partial charge >= 0.3 is 0 Å². The summed E-state index contributed by atoms with van der Waals surface area (Å²) in [7, 11) is 5.11. The molecular formula is C32H31N2O5+. The first kappa shape index (κ1) is 23.7. The Morgan fingerprint density at radius 2 is 1.74 bits per heavy atom. The summed E-state index contributed by atoms with van der Waals surface area (Å²) in [6, 6.07) is 14.7. The largest absolute Gasteiger partial charge is 0.497 e. The third-order valence-electron chi connectivity index (χ3n) is 8.09. The Balaban J connectivity index is 1.34. The van der Waals surface area contributed by atoms with Gasteiger partial charge in [0.15, 0.2) is 35.7 Å². The second-order valence-electron chi connectivity index (χ2n) is 10.1. The number of rotatable bonds is 7. The maximum atomic E-state index is 5.87. The van der Waals surface area contributed by atoms with E-state index in [0.717, 1.165) is 71.9 Å². The first-order valence-corrected chi connectivity index (χ1v) is 13.4. The molecule has 7 nitrogen and oxygen atoms in total. The zero-order chi connectivity index (χ0) is 26.5. The van der Waals surface area contributed by atoms with Crippen LogP contribution in [0.2, 0.25) is 0 Å². The summed E-state index contributed by atoms with van der Waals surface area (Å²) >= 11 is 0. The van der Waals surface area contributed by atoms with Crippen LogP contribution in [-0.2, 0) is 25.8 Å². The molecule has 0 unspecified atom stereocenters. The standard InChI is InChI=1S/C32H31N2O5/c1-35-21-7-9-27-24(14-21)20(16-33-27)5-4-6-23-22-8-10-28(36-2)32(37-3)26(22)17-34-12-11-19-13-29-30(39-18-38-29)15-25(19)31(23)34/h7-10,13-17,33H,4-6,11-12,18H2,1-3H3/q+1. The van der Waals surface area contributed by atoms with E-state index >= 15 is 0 Å². The Labute approximate surface area is 226 Å². The lowest BCUT2D eigenvalue weighted by Crippen LogP contribution is -2.41. The number of pyridine rings is 1. The van der Waals surface area contributed by atoms with Crippen LogP contribution in [0.25, 0.3) is 32.9 Å². The van der Waals surface area contributed by atoms with Crippen LogP contribution in [0.15, 0.2) is 54.9 Å². The second-order valence-corrected chi connectivity index (χ2v) is 10.1. The number of H-pyrrole nitrogens is 1.